The second kappa shape index (κ2) is 11.0. The van der Waals surface area contributed by atoms with Crippen molar-refractivity contribution < 1.29 is 19.1 Å². The number of imidazole rings is 1. The van der Waals surface area contributed by atoms with Crippen LogP contribution in [0.15, 0.2) is 83.5 Å². The van der Waals surface area contributed by atoms with Crippen LogP contribution in [0, 0.1) is 0 Å². The molecule has 3 heterocycles. The van der Waals surface area contributed by atoms with Crippen LogP contribution in [0.5, 0.6) is 5.75 Å². The lowest BCUT2D eigenvalue weighted by atomic mass is 9.95. The number of carboxylic acids is 1. The summed E-state index contributed by atoms with van der Waals surface area (Å²) in [6, 6.07) is 23.0. The Labute approximate surface area is 241 Å². The molecular weight excluding hydrogens is 532 g/mol. The molecule has 0 aliphatic heterocycles. The number of hydrogen-bond acceptors (Lipinski definition) is 7. The van der Waals surface area contributed by atoms with Gasteiger partial charge in [-0.3, -0.25) is 0 Å². The number of tetrazole rings is 1. The fraction of sp³-hybridized carbons (Fsp3) is 0.219. The normalized spacial score (nSPS) is 13.9. The molecule has 0 amide bonds. The number of aromatic amines is 1. The van der Waals surface area contributed by atoms with Crippen LogP contribution in [-0.2, 0) is 6.61 Å². The van der Waals surface area contributed by atoms with Crippen LogP contribution in [0.1, 0.15) is 54.1 Å². The van der Waals surface area contributed by atoms with Gasteiger partial charge in [-0.25, -0.2) is 9.78 Å². The van der Waals surface area contributed by atoms with E-state index in [0.717, 1.165) is 52.0 Å². The summed E-state index contributed by atoms with van der Waals surface area (Å²) in [7, 11) is 0. The number of benzene rings is 3. The summed E-state index contributed by atoms with van der Waals surface area (Å²) in [4.78, 5) is 16.7. The highest BCUT2D eigenvalue weighted by molar-refractivity contribution is 5.89. The molecule has 0 radical (unpaired) electrons. The van der Waals surface area contributed by atoms with Crippen LogP contribution >= 0.6 is 0 Å². The van der Waals surface area contributed by atoms with Gasteiger partial charge in [0.15, 0.2) is 0 Å². The predicted molar refractivity (Wildman–Crippen MR) is 156 cm³/mol. The summed E-state index contributed by atoms with van der Waals surface area (Å²) in [5, 5.41) is 24.0. The number of aromatic carboxylic acids is 1. The van der Waals surface area contributed by atoms with Gasteiger partial charge in [0.25, 0.3) is 0 Å². The Kier molecular flexibility index (Phi) is 6.71. The number of H-pyrrole nitrogens is 1. The number of nitrogens with zero attached hydrogens (tertiary/aromatic N) is 5. The summed E-state index contributed by atoms with van der Waals surface area (Å²) in [6.07, 6.45) is 7.53. The Morgan fingerprint density at radius 1 is 1.00 bits per heavy atom. The molecular formula is C32H28N6O4. The molecule has 7 rings (SSSR count). The summed E-state index contributed by atoms with van der Waals surface area (Å²) in [5.74, 6) is 1.80. The van der Waals surface area contributed by atoms with E-state index in [4.69, 9.17) is 14.1 Å². The van der Waals surface area contributed by atoms with E-state index in [1.165, 1.54) is 19.3 Å². The van der Waals surface area contributed by atoms with Crippen molar-refractivity contribution in [2.24, 2.45) is 0 Å². The van der Waals surface area contributed by atoms with Gasteiger partial charge < -0.3 is 18.8 Å². The van der Waals surface area contributed by atoms with Crippen molar-refractivity contribution in [3.05, 3.63) is 90.2 Å². The topological polar surface area (TPSA) is 132 Å². The number of rotatable bonds is 8. The van der Waals surface area contributed by atoms with Gasteiger partial charge in [-0.2, -0.15) is 5.21 Å². The molecule has 0 unspecified atom stereocenters. The molecule has 1 aliphatic rings. The molecule has 6 aromatic rings. The quantitative estimate of drug-likeness (QED) is 0.205. The van der Waals surface area contributed by atoms with Gasteiger partial charge in [-0.05, 0) is 90.9 Å². The second-order valence-electron chi connectivity index (χ2n) is 10.5. The first-order chi connectivity index (χ1) is 20.6. The molecule has 0 atom stereocenters. The van der Waals surface area contributed by atoms with Crippen molar-refractivity contribution in [3.63, 3.8) is 0 Å². The highest BCUT2D eigenvalue weighted by Gasteiger charge is 2.23. The average Bonchev–Trinajstić information content (AvgIpc) is 3.82. The zero-order valence-corrected chi connectivity index (χ0v) is 22.7. The Hall–Kier alpha value is -5.25. The number of carbonyl (C=O) groups is 1. The van der Waals surface area contributed by atoms with Crippen LogP contribution in [0.4, 0.5) is 0 Å². The molecule has 3 aromatic heterocycles. The standard InChI is InChI=1S/C32H28N6O4/c39-32(40)22-10-14-26(29-7-4-16-41-29)23(17-22)19-42-25-12-8-20(9-13-25)31-33-27-18-21(30-34-36-37-35-30)11-15-28(27)38(31)24-5-2-1-3-6-24/h4,7-18,24H,1-3,5-6,19H2,(H,39,40)(H,34,35,36,37). The molecule has 10 heteroatoms. The number of furan rings is 1. The van der Waals surface area contributed by atoms with E-state index in [-0.39, 0.29) is 12.2 Å². The van der Waals surface area contributed by atoms with Gasteiger partial charge in [0.05, 0.1) is 22.9 Å². The molecule has 2 N–H and O–H groups in total. The van der Waals surface area contributed by atoms with Gasteiger partial charge in [0, 0.05) is 28.3 Å². The Balaban J connectivity index is 1.19. The number of hydrogen-bond donors (Lipinski definition) is 2. The summed E-state index contributed by atoms with van der Waals surface area (Å²) in [5.41, 5.74) is 5.56. The van der Waals surface area contributed by atoms with E-state index in [9.17, 15) is 9.90 Å². The van der Waals surface area contributed by atoms with Gasteiger partial charge >= 0.3 is 5.97 Å². The van der Waals surface area contributed by atoms with E-state index in [0.29, 0.717) is 23.4 Å². The molecule has 1 fully saturated rings. The highest BCUT2D eigenvalue weighted by atomic mass is 16.5. The summed E-state index contributed by atoms with van der Waals surface area (Å²) >= 11 is 0. The van der Waals surface area contributed by atoms with Crippen molar-refractivity contribution in [1.29, 1.82) is 0 Å². The third kappa shape index (κ3) is 4.91. The first-order valence-electron chi connectivity index (χ1n) is 14.0. The Bertz CT molecular complexity index is 1840. The number of aromatic nitrogens is 6. The van der Waals surface area contributed by atoms with Gasteiger partial charge in [-0.15, -0.1) is 10.2 Å². The van der Waals surface area contributed by atoms with Crippen LogP contribution in [-0.4, -0.2) is 41.3 Å². The molecule has 210 valence electrons. The minimum atomic E-state index is -0.989. The van der Waals surface area contributed by atoms with Crippen molar-refractivity contribution in [2.45, 2.75) is 44.8 Å². The maximum absolute atomic E-state index is 11.6. The highest BCUT2D eigenvalue weighted by Crippen LogP contribution is 2.37. The van der Waals surface area contributed by atoms with Crippen molar-refractivity contribution >= 4 is 17.0 Å². The Morgan fingerprint density at radius 3 is 2.57 bits per heavy atom. The minimum Gasteiger partial charge on any atom is -0.489 e. The number of fused-ring (bicyclic) bond motifs is 1. The lowest BCUT2D eigenvalue weighted by Gasteiger charge is -2.25. The van der Waals surface area contributed by atoms with Crippen LogP contribution < -0.4 is 4.74 Å². The Morgan fingerprint density at radius 2 is 1.83 bits per heavy atom. The maximum Gasteiger partial charge on any atom is 0.335 e. The molecule has 42 heavy (non-hydrogen) atoms. The number of ether oxygens (including phenoxy) is 1. The first kappa shape index (κ1) is 25.7. The van der Waals surface area contributed by atoms with Crippen molar-refractivity contribution in [1.82, 2.24) is 30.2 Å². The van der Waals surface area contributed by atoms with Crippen molar-refractivity contribution in [3.8, 4) is 39.8 Å². The number of carboxylic acid groups (broad SMARTS) is 1. The summed E-state index contributed by atoms with van der Waals surface area (Å²) in [6.45, 7) is 0.190. The fourth-order valence-electron chi connectivity index (χ4n) is 5.81. The molecule has 0 spiro atoms. The van der Waals surface area contributed by atoms with Gasteiger partial charge in [-0.1, -0.05) is 19.3 Å². The van der Waals surface area contributed by atoms with E-state index >= 15 is 0 Å². The van der Waals surface area contributed by atoms with E-state index in [2.05, 4.69) is 31.3 Å². The van der Waals surface area contributed by atoms with Crippen molar-refractivity contribution in [2.75, 3.05) is 0 Å². The smallest absolute Gasteiger partial charge is 0.335 e. The van der Waals surface area contributed by atoms with Gasteiger partial charge in [0.2, 0.25) is 5.82 Å². The fourth-order valence-corrected chi connectivity index (χ4v) is 5.81. The molecule has 10 nitrogen and oxygen atoms in total. The zero-order chi connectivity index (χ0) is 28.5. The summed E-state index contributed by atoms with van der Waals surface area (Å²) < 4.78 is 14.1. The SMILES string of the molecule is O=C(O)c1ccc(-c2ccco2)c(COc2ccc(-c3nc4cc(-c5nn[nH]n5)ccc4n3C3CCCCC3)cc2)c1. The maximum atomic E-state index is 11.6. The molecule has 1 aliphatic carbocycles. The van der Waals surface area contributed by atoms with E-state index in [1.54, 1.807) is 30.5 Å². The lowest BCUT2D eigenvalue weighted by Crippen LogP contribution is -2.14. The second-order valence-corrected chi connectivity index (χ2v) is 10.5. The third-order valence-electron chi connectivity index (χ3n) is 7.88. The zero-order valence-electron chi connectivity index (χ0n) is 22.7. The average molecular weight is 561 g/mol. The molecule has 0 saturated heterocycles. The van der Waals surface area contributed by atoms with Gasteiger partial charge in [0.1, 0.15) is 23.9 Å². The molecule has 1 saturated carbocycles. The molecule has 0 bridgehead atoms. The lowest BCUT2D eigenvalue weighted by molar-refractivity contribution is 0.0696. The largest absolute Gasteiger partial charge is 0.489 e. The predicted octanol–water partition coefficient (Wildman–Crippen LogP) is 6.93. The van der Waals surface area contributed by atoms with Crippen LogP contribution in [0.3, 0.4) is 0 Å². The van der Waals surface area contributed by atoms with Crippen LogP contribution in [0.2, 0.25) is 0 Å². The monoisotopic (exact) mass is 560 g/mol. The third-order valence-corrected chi connectivity index (χ3v) is 7.88. The number of nitrogens with one attached hydrogen (secondary N) is 1. The molecule has 3 aromatic carbocycles. The van der Waals surface area contributed by atoms with E-state index in [1.807, 2.05) is 42.5 Å². The minimum absolute atomic E-state index is 0.190. The first-order valence-corrected chi connectivity index (χ1v) is 14.0. The van der Waals surface area contributed by atoms with Crippen LogP contribution in [0.25, 0.3) is 45.1 Å². The van der Waals surface area contributed by atoms with E-state index < -0.39 is 5.97 Å².